The van der Waals surface area contributed by atoms with E-state index >= 15 is 0 Å². The van der Waals surface area contributed by atoms with Crippen LogP contribution in [0.1, 0.15) is 0 Å². The summed E-state index contributed by atoms with van der Waals surface area (Å²) in [6.45, 7) is 0. The van der Waals surface area contributed by atoms with Crippen LogP contribution < -0.4 is 0 Å². The fraction of sp³-hybridized carbons (Fsp3) is 1.00. The lowest BCUT2D eigenvalue weighted by atomic mass is 10.8. The molecule has 6 heteroatoms. The maximum Gasteiger partial charge on any atom is 0.294 e. The number of rotatable bonds is 1. The lowest BCUT2D eigenvalue weighted by Crippen LogP contribution is -2.24. The van der Waals surface area contributed by atoms with Crippen LogP contribution in [0, 0.1) is 0 Å². The van der Waals surface area contributed by atoms with Crippen molar-refractivity contribution in [3.63, 3.8) is 0 Å². The highest BCUT2D eigenvalue weighted by Gasteiger charge is 2.43. The predicted octanol–water partition coefficient (Wildman–Crippen LogP) is 2.46. The zero-order chi connectivity index (χ0) is 7.00. The van der Waals surface area contributed by atoms with Crippen LogP contribution in [-0.2, 0) is 0 Å². The van der Waals surface area contributed by atoms with Crippen molar-refractivity contribution in [3.8, 4) is 0 Å². The highest BCUT2D eigenvalue weighted by Crippen LogP contribution is 2.47. The molecule has 0 aliphatic rings. The van der Waals surface area contributed by atoms with Crippen molar-refractivity contribution in [3.05, 3.63) is 0 Å². The number of halogens is 4. The molecule has 50 valence electrons. The normalized spacial score (nSPS) is 14.2. The fourth-order valence-corrected chi connectivity index (χ4v) is 0. The molecule has 0 N–H and O–H groups in total. The van der Waals surface area contributed by atoms with Gasteiger partial charge in [-0.05, 0) is 0 Å². The molecule has 0 rings (SSSR count). The zero-order valence-corrected chi connectivity index (χ0v) is 7.49. The van der Waals surface area contributed by atoms with E-state index < -0.39 is 9.74 Å². The molecule has 0 radical (unpaired) electrons. The molecule has 0 aliphatic heterocycles. The van der Waals surface area contributed by atoms with E-state index in [-0.39, 0.29) is 0 Å². The van der Waals surface area contributed by atoms with Gasteiger partial charge in [-0.15, -0.1) is 0 Å². The van der Waals surface area contributed by atoms with Gasteiger partial charge in [-0.3, -0.25) is 0 Å². The second kappa shape index (κ2) is 2.50. The molecule has 0 aliphatic carbocycles. The first-order valence-electron chi connectivity index (χ1n) is 1.58. The predicted molar refractivity (Wildman–Crippen MR) is 38.8 cm³/mol. The highest BCUT2D eigenvalue weighted by atomic mass is 35.5. The van der Waals surface area contributed by atoms with Crippen molar-refractivity contribution in [2.45, 2.75) is 9.74 Å². The van der Waals surface area contributed by atoms with E-state index in [4.69, 9.17) is 23.2 Å². The van der Waals surface area contributed by atoms with E-state index in [9.17, 15) is 8.78 Å². The molecule has 0 aromatic rings. The molecule has 0 aromatic carbocycles. The summed E-state index contributed by atoms with van der Waals surface area (Å²) < 4.78 is 21.7. The summed E-state index contributed by atoms with van der Waals surface area (Å²) in [5, 5.41) is 0. The second-order valence-electron chi connectivity index (χ2n) is 1.25. The van der Waals surface area contributed by atoms with Gasteiger partial charge in [0.25, 0.3) is 5.66 Å². The van der Waals surface area contributed by atoms with Crippen LogP contribution in [0.4, 0.5) is 8.78 Å². The van der Waals surface area contributed by atoms with Crippen LogP contribution in [0.15, 0.2) is 0 Å². The van der Waals surface area contributed by atoms with Crippen molar-refractivity contribution >= 4 is 41.7 Å². The van der Waals surface area contributed by atoms with E-state index in [0.29, 0.717) is 0 Å². The minimum atomic E-state index is -3.15. The number of hydrogen-bond donors (Lipinski definition) is 0. The van der Waals surface area contributed by atoms with Gasteiger partial charge in [0, 0.05) is 0 Å². The van der Waals surface area contributed by atoms with E-state index in [1.54, 1.807) is 9.24 Å². The van der Waals surface area contributed by atoms with Gasteiger partial charge in [0.05, 0.1) is 0 Å². The molecular weight excluding hydrogens is 195 g/mol. The molecule has 0 amide bonds. The fourth-order valence-electron chi connectivity index (χ4n) is 0. The molecular formula is C2H4Cl2F2P2. The Hall–Kier alpha value is 1.30. The highest BCUT2D eigenvalue weighted by molar-refractivity contribution is 7.31. The minimum absolute atomic E-state index is 1.24. The summed E-state index contributed by atoms with van der Waals surface area (Å²) in [6.07, 6.45) is 0. The van der Waals surface area contributed by atoms with Gasteiger partial charge in [-0.2, -0.15) is 8.78 Å². The Morgan fingerprint density at radius 3 is 1.25 bits per heavy atom. The molecule has 8 heavy (non-hydrogen) atoms. The maximum absolute atomic E-state index is 11.9. The van der Waals surface area contributed by atoms with Crippen molar-refractivity contribution in [2.75, 3.05) is 0 Å². The topological polar surface area (TPSA) is 0 Å². The third-order valence-electron chi connectivity index (χ3n) is 0.444. The summed E-state index contributed by atoms with van der Waals surface area (Å²) in [5.74, 6) is 0. The summed E-state index contributed by atoms with van der Waals surface area (Å²) in [7, 11) is 2.86. The first-order chi connectivity index (χ1) is 3.25. The minimum Gasteiger partial charge on any atom is -0.199 e. The van der Waals surface area contributed by atoms with E-state index in [1.807, 2.05) is 0 Å². The van der Waals surface area contributed by atoms with Crippen LogP contribution in [0.2, 0.25) is 0 Å². The standard InChI is InChI=1S/C2H4Cl2F2P2/c3-1(4,7)2(5,6)8/h7-8H2. The molecule has 0 spiro atoms. The monoisotopic (exact) mass is 198 g/mol. The van der Waals surface area contributed by atoms with E-state index in [1.165, 1.54) is 9.24 Å². The molecule has 0 fully saturated rings. The SMILES string of the molecule is FC(F)(P)C(P)(Cl)Cl. The van der Waals surface area contributed by atoms with Crippen LogP contribution in [-0.4, -0.2) is 9.74 Å². The van der Waals surface area contributed by atoms with Crippen molar-refractivity contribution < 1.29 is 8.78 Å². The van der Waals surface area contributed by atoms with Gasteiger partial charge >= 0.3 is 0 Å². The van der Waals surface area contributed by atoms with Crippen LogP contribution in [0.5, 0.6) is 0 Å². The van der Waals surface area contributed by atoms with Gasteiger partial charge in [-0.1, -0.05) is 41.7 Å². The molecule has 0 nitrogen and oxygen atoms in total. The van der Waals surface area contributed by atoms with Crippen molar-refractivity contribution in [2.24, 2.45) is 0 Å². The van der Waals surface area contributed by atoms with Crippen molar-refractivity contribution in [1.82, 2.24) is 0 Å². The summed E-state index contributed by atoms with van der Waals surface area (Å²) in [6, 6.07) is 0. The summed E-state index contributed by atoms with van der Waals surface area (Å²) in [5.41, 5.74) is -3.15. The van der Waals surface area contributed by atoms with Gasteiger partial charge in [-0.25, -0.2) is 0 Å². The Bertz CT molecular complexity index is 71.0. The molecule has 0 bridgehead atoms. The Morgan fingerprint density at radius 1 is 1.12 bits per heavy atom. The van der Waals surface area contributed by atoms with E-state index in [2.05, 4.69) is 0 Å². The molecule has 0 saturated heterocycles. The van der Waals surface area contributed by atoms with Gasteiger partial charge in [0.15, 0.2) is 4.07 Å². The summed E-state index contributed by atoms with van der Waals surface area (Å²) in [4.78, 5) is 0. The smallest absolute Gasteiger partial charge is 0.199 e. The molecule has 2 unspecified atom stereocenters. The Balaban J connectivity index is 4.02. The molecule has 0 heterocycles. The zero-order valence-electron chi connectivity index (χ0n) is 3.67. The lowest BCUT2D eigenvalue weighted by Gasteiger charge is -2.20. The van der Waals surface area contributed by atoms with Crippen molar-refractivity contribution in [1.29, 1.82) is 0 Å². The average Bonchev–Trinajstić information content (AvgIpc) is 1.25. The van der Waals surface area contributed by atoms with Gasteiger partial charge in [0.2, 0.25) is 0 Å². The average molecular weight is 199 g/mol. The van der Waals surface area contributed by atoms with Crippen LogP contribution in [0.3, 0.4) is 0 Å². The van der Waals surface area contributed by atoms with E-state index in [0.717, 1.165) is 0 Å². The first-order valence-corrected chi connectivity index (χ1v) is 3.49. The second-order valence-corrected chi connectivity index (χ2v) is 4.95. The molecule has 2 atom stereocenters. The lowest BCUT2D eigenvalue weighted by molar-refractivity contribution is 0.111. The Labute approximate surface area is 60.7 Å². The van der Waals surface area contributed by atoms with Gasteiger partial charge < -0.3 is 0 Å². The number of hydrogen-bond acceptors (Lipinski definition) is 0. The third kappa shape index (κ3) is 2.73. The molecule has 0 saturated carbocycles. The Kier molecular flexibility index (Phi) is 2.91. The molecule has 0 aromatic heterocycles. The van der Waals surface area contributed by atoms with Crippen LogP contribution in [0.25, 0.3) is 0 Å². The Morgan fingerprint density at radius 2 is 1.25 bits per heavy atom. The summed E-state index contributed by atoms with van der Waals surface area (Å²) >= 11 is 9.93. The van der Waals surface area contributed by atoms with Gasteiger partial charge in [0.1, 0.15) is 0 Å². The quantitative estimate of drug-likeness (QED) is 0.449. The third-order valence-corrected chi connectivity index (χ3v) is 2.49. The van der Waals surface area contributed by atoms with Crippen LogP contribution >= 0.6 is 41.7 Å². The maximum atomic E-state index is 11.9. The number of alkyl halides is 4. The first kappa shape index (κ1) is 9.30. The largest absolute Gasteiger partial charge is 0.294 e.